The van der Waals surface area contributed by atoms with E-state index < -0.39 is 0 Å². The molecule has 1 amide bonds. The summed E-state index contributed by atoms with van der Waals surface area (Å²) < 4.78 is 0. The molecule has 0 bridgehead atoms. The Morgan fingerprint density at radius 1 is 1.05 bits per heavy atom. The van der Waals surface area contributed by atoms with Crippen LogP contribution in [0.4, 0.5) is 0 Å². The van der Waals surface area contributed by atoms with E-state index in [-0.39, 0.29) is 11.9 Å². The Bertz CT molecular complexity index is 581. The number of nitrogens with one attached hydrogen (secondary N) is 2. The van der Waals surface area contributed by atoms with Gasteiger partial charge in [-0.1, -0.05) is 54.6 Å². The quantitative estimate of drug-likeness (QED) is 0.855. The molecule has 3 heteroatoms. The van der Waals surface area contributed by atoms with Gasteiger partial charge in [0.2, 0.25) is 5.91 Å². The van der Waals surface area contributed by atoms with E-state index in [0.29, 0.717) is 13.1 Å². The number of rotatable bonds is 6. The molecule has 1 atom stereocenters. The molecule has 0 radical (unpaired) electrons. The molecule has 0 aliphatic rings. The summed E-state index contributed by atoms with van der Waals surface area (Å²) in [5.74, 6) is 0.0138. The van der Waals surface area contributed by atoms with Crippen molar-refractivity contribution >= 4 is 5.91 Å². The maximum absolute atomic E-state index is 11.9. The van der Waals surface area contributed by atoms with Gasteiger partial charge in [0, 0.05) is 6.54 Å². The van der Waals surface area contributed by atoms with E-state index in [2.05, 4.69) is 29.7 Å². The molecule has 0 spiro atoms. The topological polar surface area (TPSA) is 41.1 Å². The molecular weight excluding hydrogens is 260 g/mol. The summed E-state index contributed by atoms with van der Waals surface area (Å²) in [5, 5.41) is 6.18. The first-order chi connectivity index (χ1) is 10.2. The molecule has 110 valence electrons. The fourth-order valence-corrected chi connectivity index (χ4v) is 2.24. The highest BCUT2D eigenvalue weighted by Gasteiger charge is 2.08. The lowest BCUT2D eigenvalue weighted by Gasteiger charge is -2.15. The van der Waals surface area contributed by atoms with E-state index in [4.69, 9.17) is 0 Å². The van der Waals surface area contributed by atoms with Crippen molar-refractivity contribution in [1.29, 1.82) is 0 Å². The van der Waals surface area contributed by atoms with Crippen molar-refractivity contribution in [1.82, 2.24) is 10.6 Å². The Hall–Kier alpha value is -2.13. The molecule has 0 aliphatic heterocycles. The van der Waals surface area contributed by atoms with Crippen molar-refractivity contribution in [3.05, 3.63) is 71.3 Å². The minimum Gasteiger partial charge on any atom is -0.348 e. The van der Waals surface area contributed by atoms with Crippen LogP contribution in [0.3, 0.4) is 0 Å². The third-order valence-corrected chi connectivity index (χ3v) is 3.54. The Morgan fingerprint density at radius 2 is 1.71 bits per heavy atom. The van der Waals surface area contributed by atoms with Crippen LogP contribution in [0.15, 0.2) is 54.6 Å². The molecule has 21 heavy (non-hydrogen) atoms. The van der Waals surface area contributed by atoms with Gasteiger partial charge in [-0.15, -0.1) is 0 Å². The Kier molecular flexibility index (Phi) is 5.52. The van der Waals surface area contributed by atoms with Gasteiger partial charge in [0.1, 0.15) is 0 Å². The molecular formula is C18H22N2O. The monoisotopic (exact) mass is 282 g/mol. The average molecular weight is 282 g/mol. The third kappa shape index (κ3) is 4.72. The van der Waals surface area contributed by atoms with Crippen LogP contribution in [0.5, 0.6) is 0 Å². The predicted molar refractivity (Wildman–Crippen MR) is 85.9 cm³/mol. The van der Waals surface area contributed by atoms with Gasteiger partial charge in [-0.05, 0) is 30.5 Å². The Labute approximate surface area is 126 Å². The average Bonchev–Trinajstić information content (AvgIpc) is 2.50. The number of carbonyl (C=O) groups excluding carboxylic acids is 1. The lowest BCUT2D eigenvalue weighted by Crippen LogP contribution is -2.35. The van der Waals surface area contributed by atoms with Crippen molar-refractivity contribution in [3.63, 3.8) is 0 Å². The van der Waals surface area contributed by atoms with Crippen LogP contribution in [-0.4, -0.2) is 12.5 Å². The first-order valence-corrected chi connectivity index (χ1v) is 7.26. The van der Waals surface area contributed by atoms with Gasteiger partial charge >= 0.3 is 0 Å². The molecule has 2 N–H and O–H groups in total. The van der Waals surface area contributed by atoms with Crippen LogP contribution < -0.4 is 10.6 Å². The van der Waals surface area contributed by atoms with Crippen molar-refractivity contribution in [2.75, 3.05) is 6.54 Å². The summed E-state index contributed by atoms with van der Waals surface area (Å²) >= 11 is 0. The van der Waals surface area contributed by atoms with Crippen LogP contribution in [-0.2, 0) is 11.3 Å². The van der Waals surface area contributed by atoms with Crippen LogP contribution in [0, 0.1) is 6.92 Å². The van der Waals surface area contributed by atoms with Gasteiger partial charge < -0.3 is 10.6 Å². The van der Waals surface area contributed by atoms with Crippen molar-refractivity contribution in [3.8, 4) is 0 Å². The minimum atomic E-state index is 0.0138. The van der Waals surface area contributed by atoms with E-state index in [1.165, 1.54) is 11.1 Å². The van der Waals surface area contributed by atoms with E-state index in [0.717, 1.165) is 5.56 Å². The maximum Gasteiger partial charge on any atom is 0.234 e. The van der Waals surface area contributed by atoms with Gasteiger partial charge in [0.15, 0.2) is 0 Å². The molecule has 1 unspecified atom stereocenters. The molecule has 0 heterocycles. The zero-order valence-electron chi connectivity index (χ0n) is 12.6. The molecule has 0 fully saturated rings. The van der Waals surface area contributed by atoms with Crippen LogP contribution in [0.1, 0.15) is 29.7 Å². The fourth-order valence-electron chi connectivity index (χ4n) is 2.24. The fraction of sp³-hybridized carbons (Fsp3) is 0.278. The smallest absolute Gasteiger partial charge is 0.234 e. The van der Waals surface area contributed by atoms with Crippen LogP contribution in [0.2, 0.25) is 0 Å². The second-order valence-electron chi connectivity index (χ2n) is 5.23. The van der Waals surface area contributed by atoms with Crippen LogP contribution >= 0.6 is 0 Å². The molecule has 0 aromatic heterocycles. The van der Waals surface area contributed by atoms with Gasteiger partial charge in [-0.2, -0.15) is 0 Å². The van der Waals surface area contributed by atoms with Crippen LogP contribution in [0.25, 0.3) is 0 Å². The number of benzene rings is 2. The van der Waals surface area contributed by atoms with Crippen molar-refractivity contribution in [2.24, 2.45) is 0 Å². The molecule has 0 aliphatic carbocycles. The number of hydrogen-bond donors (Lipinski definition) is 2. The summed E-state index contributed by atoms with van der Waals surface area (Å²) in [7, 11) is 0. The molecule has 2 aromatic rings. The zero-order chi connectivity index (χ0) is 15.1. The SMILES string of the molecule is Cc1ccccc1CNCC(=O)NC(C)c1ccccc1. The minimum absolute atomic E-state index is 0.0138. The molecule has 2 aromatic carbocycles. The molecule has 3 nitrogen and oxygen atoms in total. The van der Waals surface area contributed by atoms with E-state index in [1.807, 2.05) is 49.4 Å². The number of amides is 1. The summed E-state index contributed by atoms with van der Waals surface area (Å²) in [4.78, 5) is 11.9. The highest BCUT2D eigenvalue weighted by atomic mass is 16.1. The number of aryl methyl sites for hydroxylation is 1. The summed E-state index contributed by atoms with van der Waals surface area (Å²) in [6, 6.07) is 18.2. The lowest BCUT2D eigenvalue weighted by atomic mass is 10.1. The van der Waals surface area contributed by atoms with Gasteiger partial charge in [0.05, 0.1) is 12.6 Å². The Morgan fingerprint density at radius 3 is 2.43 bits per heavy atom. The van der Waals surface area contributed by atoms with Crippen molar-refractivity contribution in [2.45, 2.75) is 26.4 Å². The molecule has 0 saturated heterocycles. The summed E-state index contributed by atoms with van der Waals surface area (Å²) in [6.45, 7) is 5.11. The number of hydrogen-bond acceptors (Lipinski definition) is 2. The lowest BCUT2D eigenvalue weighted by molar-refractivity contribution is -0.120. The van der Waals surface area contributed by atoms with Gasteiger partial charge in [0.25, 0.3) is 0 Å². The zero-order valence-corrected chi connectivity index (χ0v) is 12.6. The second-order valence-corrected chi connectivity index (χ2v) is 5.23. The van der Waals surface area contributed by atoms with Crippen molar-refractivity contribution < 1.29 is 4.79 Å². The standard InChI is InChI=1S/C18H22N2O/c1-14-8-6-7-11-17(14)12-19-13-18(21)20-15(2)16-9-4-3-5-10-16/h3-11,15,19H,12-13H2,1-2H3,(H,20,21). The third-order valence-electron chi connectivity index (χ3n) is 3.54. The highest BCUT2D eigenvalue weighted by Crippen LogP contribution is 2.10. The first kappa shape index (κ1) is 15.3. The second kappa shape index (κ2) is 7.60. The van der Waals surface area contributed by atoms with Gasteiger partial charge in [-0.3, -0.25) is 4.79 Å². The van der Waals surface area contributed by atoms with E-state index in [1.54, 1.807) is 0 Å². The predicted octanol–water partition coefficient (Wildman–Crippen LogP) is 2.96. The molecule has 2 rings (SSSR count). The maximum atomic E-state index is 11.9. The largest absolute Gasteiger partial charge is 0.348 e. The van der Waals surface area contributed by atoms with E-state index in [9.17, 15) is 4.79 Å². The first-order valence-electron chi connectivity index (χ1n) is 7.26. The highest BCUT2D eigenvalue weighted by molar-refractivity contribution is 5.78. The van der Waals surface area contributed by atoms with E-state index >= 15 is 0 Å². The molecule has 0 saturated carbocycles. The summed E-state index contributed by atoms with van der Waals surface area (Å²) in [5.41, 5.74) is 3.58. The Balaban J connectivity index is 1.76. The number of carbonyl (C=O) groups is 1. The van der Waals surface area contributed by atoms with Gasteiger partial charge in [-0.25, -0.2) is 0 Å². The normalized spacial score (nSPS) is 11.9. The summed E-state index contributed by atoms with van der Waals surface area (Å²) in [6.07, 6.45) is 0.